The van der Waals surface area contributed by atoms with E-state index in [9.17, 15) is 28.8 Å². The van der Waals surface area contributed by atoms with Crippen molar-refractivity contribution in [1.29, 1.82) is 0 Å². The number of H-pyrrole nitrogens is 1. The number of hydrogen-bond donors (Lipinski definition) is 4. The van der Waals surface area contributed by atoms with Crippen LogP contribution >= 0.6 is 0 Å². The highest BCUT2D eigenvalue weighted by Gasteiger charge is 2.44. The first-order valence-corrected chi connectivity index (χ1v) is 19.8. The van der Waals surface area contributed by atoms with E-state index < -0.39 is 35.6 Å². The van der Waals surface area contributed by atoms with Crippen molar-refractivity contribution in [2.75, 3.05) is 57.2 Å². The Kier molecular flexibility index (Phi) is 12.4. The molecule has 4 N–H and O–H groups in total. The lowest BCUT2D eigenvalue weighted by Gasteiger charge is -2.28. The van der Waals surface area contributed by atoms with Gasteiger partial charge < -0.3 is 25.0 Å². The fourth-order valence-electron chi connectivity index (χ4n) is 7.73. The molecule has 2 atom stereocenters. The average molecular weight is 808 g/mol. The van der Waals surface area contributed by atoms with Crippen LogP contribution in [0.5, 0.6) is 0 Å². The number of aromatic amines is 1. The Morgan fingerprint density at radius 1 is 0.949 bits per heavy atom. The number of piperidine rings is 1. The van der Waals surface area contributed by atoms with Crippen molar-refractivity contribution in [1.82, 2.24) is 35.1 Å². The Bertz CT molecular complexity index is 2230. The largest absolute Gasteiger partial charge is 0.378 e. The molecule has 1 fully saturated rings. The Morgan fingerprint density at radius 2 is 1.73 bits per heavy atom. The summed E-state index contributed by atoms with van der Waals surface area (Å²) in [6, 6.07) is 13.3. The van der Waals surface area contributed by atoms with Gasteiger partial charge in [-0.1, -0.05) is 44.2 Å². The molecule has 4 aromatic rings. The number of ether oxygens (including phenoxy) is 2. The Balaban J connectivity index is 0.817. The molecule has 0 bridgehead atoms. The van der Waals surface area contributed by atoms with Crippen LogP contribution in [-0.4, -0.2) is 118 Å². The molecule has 4 heterocycles. The Hall–Kier alpha value is -6.04. The maximum absolute atomic E-state index is 13.3. The van der Waals surface area contributed by atoms with Gasteiger partial charge in [-0.05, 0) is 68.3 Å². The monoisotopic (exact) mass is 807 g/mol. The third-order valence-corrected chi connectivity index (χ3v) is 11.0. The van der Waals surface area contributed by atoms with Crippen LogP contribution in [0.2, 0.25) is 0 Å². The molecule has 3 aliphatic rings. The minimum atomic E-state index is -1.07. The molecule has 1 saturated heterocycles. The first-order valence-electron chi connectivity index (χ1n) is 19.8. The van der Waals surface area contributed by atoms with E-state index in [2.05, 4.69) is 62.1 Å². The Morgan fingerprint density at radius 3 is 2.53 bits per heavy atom. The molecule has 2 aliphatic heterocycles. The van der Waals surface area contributed by atoms with Crippen LogP contribution in [0.1, 0.15) is 93.6 Å². The second-order valence-corrected chi connectivity index (χ2v) is 16.0. The Labute approximate surface area is 341 Å². The summed E-state index contributed by atoms with van der Waals surface area (Å²) in [5.41, 5.74) is 4.83. The average Bonchev–Trinajstić information content (AvgIpc) is 3.90. The number of benzene rings is 2. The molecule has 0 spiro atoms. The zero-order chi connectivity index (χ0) is 41.7. The van der Waals surface area contributed by atoms with Gasteiger partial charge in [0.25, 0.3) is 17.7 Å². The lowest BCUT2D eigenvalue weighted by atomic mass is 9.76. The number of nitrogens with one attached hydrogen (secondary N) is 4. The van der Waals surface area contributed by atoms with Crippen molar-refractivity contribution in [3.63, 3.8) is 0 Å². The predicted molar refractivity (Wildman–Crippen MR) is 215 cm³/mol. The molecule has 0 radical (unpaired) electrons. The van der Waals surface area contributed by atoms with Gasteiger partial charge in [-0.25, -0.2) is 0 Å². The summed E-state index contributed by atoms with van der Waals surface area (Å²) < 4.78 is 13.1. The quantitative estimate of drug-likeness (QED) is 0.0898. The first kappa shape index (κ1) is 41.1. The number of fused-ring (bicyclic) bond motifs is 2. The molecular weight excluding hydrogens is 759 g/mol. The van der Waals surface area contributed by atoms with Crippen LogP contribution in [0.3, 0.4) is 0 Å². The molecule has 2 aromatic heterocycles. The van der Waals surface area contributed by atoms with Crippen molar-refractivity contribution in [3.05, 3.63) is 94.6 Å². The summed E-state index contributed by atoms with van der Waals surface area (Å²) in [7, 11) is 2.02. The normalized spacial score (nSPS) is 17.8. The summed E-state index contributed by atoms with van der Waals surface area (Å²) in [5, 5.41) is 19.9. The zero-order valence-corrected chi connectivity index (χ0v) is 33.4. The molecular formula is C42H49N9O8. The van der Waals surface area contributed by atoms with Crippen molar-refractivity contribution in [3.8, 4) is 0 Å². The number of carbonyl (C=O) groups excluding carboxylic acids is 6. The number of imide groups is 2. The van der Waals surface area contributed by atoms with Crippen molar-refractivity contribution < 1.29 is 38.2 Å². The molecule has 59 heavy (non-hydrogen) atoms. The van der Waals surface area contributed by atoms with E-state index in [0.717, 1.165) is 53.9 Å². The lowest BCUT2D eigenvalue weighted by Crippen LogP contribution is -2.54. The van der Waals surface area contributed by atoms with Gasteiger partial charge in [-0.15, -0.1) is 0 Å². The third kappa shape index (κ3) is 9.64. The van der Waals surface area contributed by atoms with Crippen LogP contribution in [0.25, 0.3) is 0 Å². The molecule has 17 heteroatoms. The maximum atomic E-state index is 13.3. The lowest BCUT2D eigenvalue weighted by molar-refractivity contribution is -0.136. The standard InChI is InChI=1S/C42H49N9O8/c1-42(2)15-13-30-32(22-42)47-48-37(30)39(55)45-28-23-43-50(24-28)33(26-7-5-4-6-8-26)14-16-49(3)17-18-58-19-20-59-25-36(53)44-27-9-10-29-31(21-27)41(57)51(40(29)56)34-11-12-35(52)46-38(34)54/h4-10,21,23-24,33-34H,11-20,22,25H2,1-3H3,(H,44,53)(H,45,55)(H,47,48)(H,46,52,54)/t33-,34?/m0/s1. The van der Waals surface area contributed by atoms with Gasteiger partial charge in [0, 0.05) is 42.7 Å². The number of likely N-dealkylation sites (N-methyl/N-ethyl adjacent to an activating group) is 1. The van der Waals surface area contributed by atoms with E-state index in [4.69, 9.17) is 9.47 Å². The van der Waals surface area contributed by atoms with Gasteiger partial charge in [-0.3, -0.25) is 48.8 Å². The number of aromatic nitrogens is 4. The van der Waals surface area contributed by atoms with Gasteiger partial charge in [0.15, 0.2) is 5.69 Å². The van der Waals surface area contributed by atoms with Crippen LogP contribution in [-0.2, 0) is 36.7 Å². The summed E-state index contributed by atoms with van der Waals surface area (Å²) in [6.45, 7) is 6.52. The molecule has 6 amide bonds. The summed E-state index contributed by atoms with van der Waals surface area (Å²) in [6.07, 6.45) is 7.03. The van der Waals surface area contributed by atoms with Crippen LogP contribution in [0.4, 0.5) is 11.4 Å². The second-order valence-electron chi connectivity index (χ2n) is 16.0. The van der Waals surface area contributed by atoms with Crippen LogP contribution < -0.4 is 16.0 Å². The van der Waals surface area contributed by atoms with Crippen molar-refractivity contribution in [2.24, 2.45) is 5.41 Å². The minimum Gasteiger partial charge on any atom is -0.378 e. The molecule has 17 nitrogen and oxygen atoms in total. The van der Waals surface area contributed by atoms with Gasteiger partial charge in [0.05, 0.1) is 48.9 Å². The predicted octanol–water partition coefficient (Wildman–Crippen LogP) is 3.36. The highest BCUT2D eigenvalue weighted by Crippen LogP contribution is 2.35. The number of amides is 6. The van der Waals surface area contributed by atoms with Crippen LogP contribution in [0.15, 0.2) is 60.9 Å². The molecule has 310 valence electrons. The number of rotatable bonds is 17. The van der Waals surface area contributed by atoms with Gasteiger partial charge in [-0.2, -0.15) is 10.2 Å². The van der Waals surface area contributed by atoms with Crippen molar-refractivity contribution >= 4 is 46.8 Å². The number of nitrogens with zero attached hydrogens (tertiary/aromatic N) is 5. The van der Waals surface area contributed by atoms with E-state index >= 15 is 0 Å². The molecule has 0 saturated carbocycles. The van der Waals surface area contributed by atoms with E-state index in [1.165, 1.54) is 18.2 Å². The minimum absolute atomic E-state index is 0.0246. The fourth-order valence-corrected chi connectivity index (χ4v) is 7.73. The first-order chi connectivity index (χ1) is 28.4. The summed E-state index contributed by atoms with van der Waals surface area (Å²) in [5.74, 6) is -3.12. The van der Waals surface area contributed by atoms with E-state index in [1.54, 1.807) is 6.20 Å². The third-order valence-electron chi connectivity index (χ3n) is 11.0. The smallest absolute Gasteiger partial charge is 0.276 e. The molecule has 1 unspecified atom stereocenters. The van der Waals surface area contributed by atoms with E-state index in [0.29, 0.717) is 30.2 Å². The highest BCUT2D eigenvalue weighted by molar-refractivity contribution is 6.24. The molecule has 1 aliphatic carbocycles. The van der Waals surface area contributed by atoms with Gasteiger partial charge in [0.1, 0.15) is 12.6 Å². The maximum Gasteiger partial charge on any atom is 0.276 e. The summed E-state index contributed by atoms with van der Waals surface area (Å²) >= 11 is 0. The number of carbonyl (C=O) groups is 6. The van der Waals surface area contributed by atoms with E-state index in [-0.39, 0.29) is 61.2 Å². The number of anilines is 2. The van der Waals surface area contributed by atoms with E-state index in [1.807, 2.05) is 36.1 Å². The zero-order valence-electron chi connectivity index (χ0n) is 33.4. The van der Waals surface area contributed by atoms with Crippen LogP contribution in [0, 0.1) is 5.41 Å². The number of hydrogen-bond acceptors (Lipinski definition) is 11. The molecule has 2 aromatic carbocycles. The van der Waals surface area contributed by atoms with Crippen molar-refractivity contribution in [2.45, 2.75) is 64.5 Å². The topological polar surface area (TPSA) is 210 Å². The SMILES string of the molecule is CN(CCOCCOCC(=O)Nc1ccc2c(c1)C(=O)N(C1CCC(=O)NC1=O)C2=O)CC[C@@H](c1ccccc1)n1cc(NC(=O)c2n[nH]c3c2CCC(C)(C)C3)cn1. The fraction of sp³-hybridized carbons (Fsp3) is 0.429. The van der Waals surface area contributed by atoms with Gasteiger partial charge >= 0.3 is 0 Å². The van der Waals surface area contributed by atoms with Gasteiger partial charge in [0.2, 0.25) is 17.7 Å². The summed E-state index contributed by atoms with van der Waals surface area (Å²) in [4.78, 5) is 78.7. The molecule has 7 rings (SSSR count). The second kappa shape index (κ2) is 17.8. The highest BCUT2D eigenvalue weighted by atomic mass is 16.5.